The van der Waals surface area contributed by atoms with Crippen LogP contribution in [0.2, 0.25) is 0 Å². The molecule has 2 heterocycles. The topological polar surface area (TPSA) is 71.6 Å². The molecular weight excluding hydrogens is 297 g/mol. The highest BCUT2D eigenvalue weighted by Crippen LogP contribution is 2.27. The van der Waals surface area contributed by atoms with Gasteiger partial charge in [0.1, 0.15) is 11.9 Å². The minimum atomic E-state index is -1.04. The molecule has 1 aliphatic rings. The Morgan fingerprint density at radius 2 is 2.30 bits per heavy atom. The largest absolute Gasteiger partial charge is 0.497 e. The second-order valence-corrected chi connectivity index (χ2v) is 6.03. The molecule has 0 bridgehead atoms. The number of likely N-dealkylation sites (tertiary alicyclic amines) is 1. The maximum Gasteiger partial charge on any atom is 0.128 e. The van der Waals surface area contributed by atoms with Gasteiger partial charge in [0, 0.05) is 30.7 Å². The summed E-state index contributed by atoms with van der Waals surface area (Å²) in [4.78, 5) is 6.23. The van der Waals surface area contributed by atoms with Crippen LogP contribution in [-0.2, 0) is 0 Å². The van der Waals surface area contributed by atoms with E-state index in [-0.39, 0.29) is 6.54 Å². The first kappa shape index (κ1) is 16.1. The summed E-state index contributed by atoms with van der Waals surface area (Å²) in [5.74, 6) is 0.715. The van der Waals surface area contributed by atoms with Crippen molar-refractivity contribution in [3.63, 3.8) is 0 Å². The molecule has 23 heavy (non-hydrogen) atoms. The van der Waals surface area contributed by atoms with Crippen molar-refractivity contribution in [3.8, 4) is 5.75 Å². The summed E-state index contributed by atoms with van der Waals surface area (Å²) in [5.41, 5.74) is 7.28. The van der Waals surface area contributed by atoms with E-state index in [1.807, 2.05) is 23.1 Å². The molecule has 1 aliphatic heterocycles. The van der Waals surface area contributed by atoms with E-state index in [0.717, 1.165) is 16.5 Å². The van der Waals surface area contributed by atoms with E-state index in [9.17, 15) is 9.50 Å². The van der Waals surface area contributed by atoms with Gasteiger partial charge in [0.15, 0.2) is 0 Å². The molecule has 1 aromatic heterocycles. The van der Waals surface area contributed by atoms with Crippen LogP contribution in [0.3, 0.4) is 0 Å². The quantitative estimate of drug-likeness (QED) is 0.896. The number of rotatable bonds is 4. The third kappa shape index (κ3) is 3.44. The average Bonchev–Trinajstić information content (AvgIpc) is 2.57. The summed E-state index contributed by atoms with van der Waals surface area (Å²) in [6.45, 7) is 1.35. The van der Waals surface area contributed by atoms with Gasteiger partial charge in [-0.3, -0.25) is 9.88 Å². The number of aromatic nitrogens is 1. The number of halogens is 1. The van der Waals surface area contributed by atoms with Crippen LogP contribution in [0.25, 0.3) is 10.9 Å². The SMILES string of the molecule is COc1ccc2nccc([C@H](O)CN3CC[C@H](N)[C@H](F)C3)c2c1. The van der Waals surface area contributed by atoms with Crippen molar-refractivity contribution in [1.29, 1.82) is 0 Å². The van der Waals surface area contributed by atoms with E-state index in [0.29, 0.717) is 25.3 Å². The molecule has 0 spiro atoms. The van der Waals surface area contributed by atoms with Crippen LogP contribution in [0.4, 0.5) is 4.39 Å². The van der Waals surface area contributed by atoms with E-state index in [2.05, 4.69) is 4.98 Å². The smallest absolute Gasteiger partial charge is 0.128 e. The predicted octanol–water partition coefficient (Wildman–Crippen LogP) is 1.65. The highest BCUT2D eigenvalue weighted by molar-refractivity contribution is 5.83. The molecule has 3 N–H and O–H groups in total. The van der Waals surface area contributed by atoms with Crippen molar-refractivity contribution in [1.82, 2.24) is 9.88 Å². The zero-order valence-corrected chi connectivity index (χ0v) is 13.2. The van der Waals surface area contributed by atoms with Gasteiger partial charge in [-0.15, -0.1) is 0 Å². The van der Waals surface area contributed by atoms with Crippen molar-refractivity contribution in [2.45, 2.75) is 24.7 Å². The van der Waals surface area contributed by atoms with E-state index < -0.39 is 18.3 Å². The average molecular weight is 319 g/mol. The number of hydrogen-bond donors (Lipinski definition) is 2. The summed E-state index contributed by atoms with van der Waals surface area (Å²) in [7, 11) is 1.60. The van der Waals surface area contributed by atoms with E-state index >= 15 is 0 Å². The summed E-state index contributed by atoms with van der Waals surface area (Å²) < 4.78 is 19.0. The number of ether oxygens (including phenoxy) is 1. The molecule has 1 aromatic carbocycles. The Morgan fingerprint density at radius 1 is 1.48 bits per heavy atom. The van der Waals surface area contributed by atoms with Gasteiger partial charge >= 0.3 is 0 Å². The van der Waals surface area contributed by atoms with Crippen molar-refractivity contribution < 1.29 is 14.2 Å². The number of methoxy groups -OCH3 is 1. The molecule has 0 unspecified atom stereocenters. The first-order chi connectivity index (χ1) is 11.1. The Morgan fingerprint density at radius 3 is 3.04 bits per heavy atom. The normalized spacial score (nSPS) is 23.8. The van der Waals surface area contributed by atoms with Gasteiger partial charge in [-0.1, -0.05) is 0 Å². The lowest BCUT2D eigenvalue weighted by Gasteiger charge is -2.34. The van der Waals surface area contributed by atoms with Crippen LogP contribution in [-0.4, -0.2) is 53.9 Å². The zero-order chi connectivity index (χ0) is 16.4. The Bertz CT molecular complexity index is 682. The first-order valence-corrected chi connectivity index (χ1v) is 7.81. The highest BCUT2D eigenvalue weighted by atomic mass is 19.1. The van der Waals surface area contributed by atoms with Gasteiger partial charge in [-0.05, 0) is 42.8 Å². The first-order valence-electron chi connectivity index (χ1n) is 7.81. The number of aliphatic hydroxyl groups is 1. The Hall–Kier alpha value is -1.76. The van der Waals surface area contributed by atoms with Crippen LogP contribution in [0, 0.1) is 0 Å². The number of alkyl halides is 1. The molecule has 3 atom stereocenters. The van der Waals surface area contributed by atoms with Crippen molar-refractivity contribution >= 4 is 10.9 Å². The Labute approximate surface area is 134 Å². The molecule has 3 rings (SSSR count). The molecule has 124 valence electrons. The number of aliphatic hydroxyl groups excluding tert-OH is 1. The maximum absolute atomic E-state index is 13.8. The van der Waals surface area contributed by atoms with Crippen LogP contribution >= 0.6 is 0 Å². The maximum atomic E-state index is 13.8. The molecule has 6 heteroatoms. The molecule has 0 amide bonds. The van der Waals surface area contributed by atoms with Gasteiger partial charge in [0.05, 0.1) is 18.7 Å². The van der Waals surface area contributed by atoms with Gasteiger partial charge < -0.3 is 15.6 Å². The molecular formula is C17H22FN3O2. The number of nitrogens with two attached hydrogens (primary N) is 1. The fraction of sp³-hybridized carbons (Fsp3) is 0.471. The second kappa shape index (κ2) is 6.78. The number of benzene rings is 1. The van der Waals surface area contributed by atoms with E-state index in [4.69, 9.17) is 10.5 Å². The van der Waals surface area contributed by atoms with Gasteiger partial charge in [-0.25, -0.2) is 4.39 Å². The minimum Gasteiger partial charge on any atom is -0.497 e. The standard InChI is InChI=1S/C17H22FN3O2/c1-23-11-2-3-16-13(8-11)12(4-6-20-16)17(22)10-21-7-5-15(19)14(18)9-21/h2-4,6,8,14-15,17,22H,5,7,9-10,19H2,1H3/t14-,15+,17-/m1/s1. The zero-order valence-electron chi connectivity index (χ0n) is 13.2. The van der Waals surface area contributed by atoms with Gasteiger partial charge in [-0.2, -0.15) is 0 Å². The number of fused-ring (bicyclic) bond motifs is 1. The van der Waals surface area contributed by atoms with Crippen molar-refractivity contribution in [2.75, 3.05) is 26.7 Å². The molecule has 1 saturated heterocycles. The van der Waals surface area contributed by atoms with Gasteiger partial charge in [0.25, 0.3) is 0 Å². The third-order valence-corrected chi connectivity index (χ3v) is 4.45. The number of nitrogens with zero attached hydrogens (tertiary/aromatic N) is 2. The molecule has 5 nitrogen and oxygen atoms in total. The summed E-state index contributed by atoms with van der Waals surface area (Å²) in [6, 6.07) is 6.97. The number of piperidine rings is 1. The lowest BCUT2D eigenvalue weighted by atomic mass is 10.0. The highest BCUT2D eigenvalue weighted by Gasteiger charge is 2.28. The number of pyridine rings is 1. The summed E-state index contributed by atoms with van der Waals surface area (Å²) >= 11 is 0. The van der Waals surface area contributed by atoms with E-state index in [1.165, 1.54) is 0 Å². The number of hydrogen-bond acceptors (Lipinski definition) is 5. The molecule has 0 radical (unpaired) electrons. The fourth-order valence-corrected chi connectivity index (χ4v) is 3.06. The van der Waals surface area contributed by atoms with Crippen molar-refractivity contribution in [3.05, 3.63) is 36.0 Å². The third-order valence-electron chi connectivity index (χ3n) is 4.45. The molecule has 0 aliphatic carbocycles. The molecule has 1 fully saturated rings. The molecule has 2 aromatic rings. The lowest BCUT2D eigenvalue weighted by Crippen LogP contribution is -2.49. The summed E-state index contributed by atoms with van der Waals surface area (Å²) in [5, 5.41) is 11.5. The monoisotopic (exact) mass is 319 g/mol. The number of β-amino-alcohol motifs (C(OH)–C–C–N with tert-alkyl or cyclic N) is 1. The van der Waals surface area contributed by atoms with E-state index in [1.54, 1.807) is 19.4 Å². The van der Waals surface area contributed by atoms with Crippen molar-refractivity contribution in [2.24, 2.45) is 5.73 Å². The Kier molecular flexibility index (Phi) is 4.75. The van der Waals surface area contributed by atoms with Gasteiger partial charge in [0.2, 0.25) is 0 Å². The lowest BCUT2D eigenvalue weighted by molar-refractivity contribution is 0.0651. The summed E-state index contributed by atoms with van der Waals surface area (Å²) in [6.07, 6.45) is 0.537. The van der Waals surface area contributed by atoms with Crippen LogP contribution in [0.15, 0.2) is 30.5 Å². The minimum absolute atomic E-state index is 0.268. The second-order valence-electron chi connectivity index (χ2n) is 6.03. The Balaban J connectivity index is 1.81. The fourth-order valence-electron chi connectivity index (χ4n) is 3.06. The predicted molar refractivity (Wildman–Crippen MR) is 87.2 cm³/mol. The van der Waals surface area contributed by atoms with Crippen LogP contribution in [0.1, 0.15) is 18.1 Å². The molecule has 0 saturated carbocycles. The van der Waals surface area contributed by atoms with Crippen LogP contribution in [0.5, 0.6) is 5.75 Å². The van der Waals surface area contributed by atoms with Crippen LogP contribution < -0.4 is 10.5 Å².